The number of hydrogen-bond donors (Lipinski definition) is 1. The van der Waals surface area contributed by atoms with Gasteiger partial charge in [-0.05, 0) is 62.4 Å². The minimum absolute atomic E-state index is 0.0468. The van der Waals surface area contributed by atoms with Crippen molar-refractivity contribution in [3.05, 3.63) is 59.7 Å². The number of benzene rings is 2. The lowest BCUT2D eigenvalue weighted by Crippen LogP contribution is -2.38. The summed E-state index contributed by atoms with van der Waals surface area (Å²) in [6.07, 6.45) is 0. The second kappa shape index (κ2) is 9.09. The molecule has 0 aliphatic carbocycles. The number of likely N-dealkylation sites (N-methyl/N-ethyl adjacent to an activating group) is 1. The van der Waals surface area contributed by atoms with Gasteiger partial charge < -0.3 is 19.1 Å². The Labute approximate surface area is 172 Å². The van der Waals surface area contributed by atoms with Crippen LogP contribution in [0.1, 0.15) is 29.8 Å². The SMILES string of the molecule is CC(C)(COc1ccc(C(=O)c2ccc(OCC[N+](C)(C)C)cc2)cc1)C(=O)O. The Morgan fingerprint density at radius 1 is 0.862 bits per heavy atom. The predicted molar refractivity (Wildman–Crippen MR) is 112 cm³/mol. The van der Waals surface area contributed by atoms with Gasteiger partial charge in [0.15, 0.2) is 5.78 Å². The maximum atomic E-state index is 12.7. The summed E-state index contributed by atoms with van der Waals surface area (Å²) in [6.45, 7) is 4.74. The Balaban J connectivity index is 1.95. The van der Waals surface area contributed by atoms with E-state index >= 15 is 0 Å². The molecule has 0 radical (unpaired) electrons. The number of carboxylic acids is 1. The Hall–Kier alpha value is -2.86. The molecule has 0 saturated carbocycles. The summed E-state index contributed by atoms with van der Waals surface area (Å²) in [5, 5.41) is 9.13. The standard InChI is InChI=1S/C23H29NO5/c1-23(2,22(26)27)16-29-20-12-8-18(9-13-20)21(25)17-6-10-19(11-7-17)28-15-14-24(3,4)5/h6-13H,14-16H2,1-5H3/p+1. The third-order valence-corrected chi connectivity index (χ3v) is 4.44. The largest absolute Gasteiger partial charge is 0.492 e. The van der Waals surface area contributed by atoms with E-state index in [4.69, 9.17) is 14.6 Å². The van der Waals surface area contributed by atoms with Crippen molar-refractivity contribution in [1.29, 1.82) is 0 Å². The average molecular weight is 400 g/mol. The molecule has 2 aromatic carbocycles. The maximum absolute atomic E-state index is 12.7. The number of carbonyl (C=O) groups is 2. The molecular formula is C23H30NO5+. The first-order valence-corrected chi connectivity index (χ1v) is 9.52. The monoisotopic (exact) mass is 400 g/mol. The number of ether oxygens (including phenoxy) is 2. The minimum atomic E-state index is -0.982. The van der Waals surface area contributed by atoms with Crippen molar-refractivity contribution in [2.75, 3.05) is 40.9 Å². The van der Waals surface area contributed by atoms with Crippen LogP contribution in [-0.4, -0.2) is 62.2 Å². The van der Waals surface area contributed by atoms with Crippen LogP contribution in [0.15, 0.2) is 48.5 Å². The molecule has 0 amide bonds. The molecule has 0 spiro atoms. The number of carboxylic acid groups (broad SMARTS) is 1. The molecule has 0 saturated heterocycles. The number of rotatable bonds is 10. The van der Waals surface area contributed by atoms with Gasteiger partial charge in [0, 0.05) is 11.1 Å². The van der Waals surface area contributed by atoms with E-state index in [0.717, 1.165) is 16.8 Å². The van der Waals surface area contributed by atoms with E-state index in [1.807, 2.05) is 0 Å². The zero-order chi connectivity index (χ0) is 21.7. The lowest BCUT2D eigenvalue weighted by atomic mass is 9.95. The highest BCUT2D eigenvalue weighted by molar-refractivity contribution is 6.09. The molecule has 0 atom stereocenters. The van der Waals surface area contributed by atoms with Gasteiger partial charge in [-0.15, -0.1) is 0 Å². The fraction of sp³-hybridized carbons (Fsp3) is 0.391. The van der Waals surface area contributed by atoms with Crippen LogP contribution >= 0.6 is 0 Å². The van der Waals surface area contributed by atoms with Gasteiger partial charge in [0.2, 0.25) is 0 Å². The van der Waals surface area contributed by atoms with E-state index in [0.29, 0.717) is 23.5 Å². The van der Waals surface area contributed by atoms with Crippen LogP contribution in [0.5, 0.6) is 11.5 Å². The fourth-order valence-electron chi connectivity index (χ4n) is 2.33. The molecule has 0 heterocycles. The van der Waals surface area contributed by atoms with Crippen molar-refractivity contribution >= 4 is 11.8 Å². The maximum Gasteiger partial charge on any atom is 0.312 e. The predicted octanol–water partition coefficient (Wildman–Crippen LogP) is 3.49. The first-order chi connectivity index (χ1) is 13.5. The number of nitrogens with zero attached hydrogens (tertiary/aromatic N) is 1. The van der Waals surface area contributed by atoms with Crippen LogP contribution < -0.4 is 9.47 Å². The summed E-state index contributed by atoms with van der Waals surface area (Å²) in [7, 11) is 6.32. The van der Waals surface area contributed by atoms with Gasteiger partial charge in [-0.3, -0.25) is 9.59 Å². The van der Waals surface area contributed by atoms with Gasteiger partial charge in [-0.25, -0.2) is 0 Å². The second-order valence-corrected chi connectivity index (χ2v) is 8.72. The van der Waals surface area contributed by atoms with Gasteiger partial charge in [-0.1, -0.05) is 0 Å². The van der Waals surface area contributed by atoms with E-state index < -0.39 is 11.4 Å². The molecule has 0 aliphatic heterocycles. The summed E-state index contributed by atoms with van der Waals surface area (Å²) in [6, 6.07) is 13.8. The molecule has 0 aliphatic rings. The van der Waals surface area contributed by atoms with Crippen molar-refractivity contribution in [2.45, 2.75) is 13.8 Å². The lowest BCUT2D eigenvalue weighted by molar-refractivity contribution is -0.870. The molecule has 2 aromatic rings. The van der Waals surface area contributed by atoms with Gasteiger partial charge in [0.1, 0.15) is 31.3 Å². The van der Waals surface area contributed by atoms with Crippen molar-refractivity contribution < 1.29 is 28.7 Å². The second-order valence-electron chi connectivity index (χ2n) is 8.72. The fourth-order valence-corrected chi connectivity index (χ4v) is 2.33. The van der Waals surface area contributed by atoms with Gasteiger partial charge >= 0.3 is 5.97 Å². The number of hydrogen-bond acceptors (Lipinski definition) is 4. The smallest absolute Gasteiger partial charge is 0.312 e. The Morgan fingerprint density at radius 2 is 1.31 bits per heavy atom. The van der Waals surface area contributed by atoms with E-state index in [-0.39, 0.29) is 12.4 Å². The Bertz CT molecular complexity index is 833. The summed E-state index contributed by atoms with van der Waals surface area (Å²) in [5.41, 5.74) is 0.127. The average Bonchev–Trinajstić information content (AvgIpc) is 2.66. The highest BCUT2D eigenvalue weighted by atomic mass is 16.5. The van der Waals surface area contributed by atoms with Gasteiger partial charge in [0.05, 0.1) is 26.6 Å². The van der Waals surface area contributed by atoms with E-state index in [9.17, 15) is 9.59 Å². The molecule has 29 heavy (non-hydrogen) atoms. The molecule has 0 fully saturated rings. The zero-order valence-corrected chi connectivity index (χ0v) is 17.8. The highest BCUT2D eigenvalue weighted by Gasteiger charge is 2.28. The third-order valence-electron chi connectivity index (χ3n) is 4.44. The van der Waals surface area contributed by atoms with Crippen LogP contribution in [0.4, 0.5) is 0 Å². The first-order valence-electron chi connectivity index (χ1n) is 9.52. The molecule has 0 unspecified atom stereocenters. The number of carbonyl (C=O) groups excluding carboxylic acids is 1. The lowest BCUT2D eigenvalue weighted by Gasteiger charge is -2.23. The zero-order valence-electron chi connectivity index (χ0n) is 17.8. The summed E-state index contributed by atoms with van der Waals surface area (Å²) < 4.78 is 12.1. The van der Waals surface area contributed by atoms with Crippen LogP contribution in [-0.2, 0) is 4.79 Å². The number of quaternary nitrogens is 1. The molecule has 6 heteroatoms. The molecule has 6 nitrogen and oxygen atoms in total. The van der Waals surface area contributed by atoms with Crippen LogP contribution in [0, 0.1) is 5.41 Å². The molecule has 156 valence electrons. The van der Waals surface area contributed by atoms with Gasteiger partial charge in [0.25, 0.3) is 0 Å². The van der Waals surface area contributed by atoms with E-state index in [1.54, 1.807) is 62.4 Å². The summed E-state index contributed by atoms with van der Waals surface area (Å²) in [5.74, 6) is 0.242. The topological polar surface area (TPSA) is 72.8 Å². The normalized spacial score (nSPS) is 11.8. The van der Waals surface area contributed by atoms with Crippen LogP contribution in [0.3, 0.4) is 0 Å². The van der Waals surface area contributed by atoms with Crippen molar-refractivity contribution in [1.82, 2.24) is 0 Å². The number of aliphatic carboxylic acids is 1. The quantitative estimate of drug-likeness (QED) is 0.488. The third kappa shape index (κ3) is 6.91. The molecule has 1 N–H and O–H groups in total. The minimum Gasteiger partial charge on any atom is -0.492 e. The van der Waals surface area contributed by atoms with Crippen molar-refractivity contribution in [3.63, 3.8) is 0 Å². The summed E-state index contributed by atoms with van der Waals surface area (Å²) in [4.78, 5) is 23.8. The van der Waals surface area contributed by atoms with Crippen LogP contribution in [0.25, 0.3) is 0 Å². The Morgan fingerprint density at radius 3 is 1.72 bits per heavy atom. The highest BCUT2D eigenvalue weighted by Crippen LogP contribution is 2.21. The van der Waals surface area contributed by atoms with E-state index in [1.165, 1.54) is 0 Å². The molecule has 0 aromatic heterocycles. The van der Waals surface area contributed by atoms with Crippen molar-refractivity contribution in [2.24, 2.45) is 5.41 Å². The molecule has 0 bridgehead atoms. The molecule has 2 rings (SSSR count). The molecular weight excluding hydrogens is 370 g/mol. The summed E-state index contributed by atoms with van der Waals surface area (Å²) >= 11 is 0. The van der Waals surface area contributed by atoms with E-state index in [2.05, 4.69) is 21.1 Å². The van der Waals surface area contributed by atoms with Gasteiger partial charge in [-0.2, -0.15) is 0 Å². The Kier molecular flexibility index (Phi) is 7.03. The number of ketones is 1. The van der Waals surface area contributed by atoms with Crippen molar-refractivity contribution in [3.8, 4) is 11.5 Å². The van der Waals surface area contributed by atoms with Crippen LogP contribution in [0.2, 0.25) is 0 Å². The first kappa shape index (κ1) is 22.4.